The molecule has 0 spiro atoms. The molecule has 130 valence electrons. The first-order valence-corrected chi connectivity index (χ1v) is 8.02. The number of benzene rings is 2. The lowest BCUT2D eigenvalue weighted by Crippen LogP contribution is -2.29. The third kappa shape index (κ3) is 4.19. The third-order valence-corrected chi connectivity index (χ3v) is 4.11. The quantitative estimate of drug-likeness (QED) is 0.497. The number of alkyl halides is 2. The summed E-state index contributed by atoms with van der Waals surface area (Å²) in [7, 11) is 5.94. The summed E-state index contributed by atoms with van der Waals surface area (Å²) in [6, 6.07) is 12.5. The zero-order valence-corrected chi connectivity index (χ0v) is 14.6. The Kier molecular flexibility index (Phi) is 5.83. The van der Waals surface area contributed by atoms with E-state index >= 15 is 0 Å². The maximum atomic E-state index is 12.5. The fourth-order valence-electron chi connectivity index (χ4n) is 3.01. The van der Waals surface area contributed by atoms with Gasteiger partial charge in [0.15, 0.2) is 0 Å². The van der Waals surface area contributed by atoms with Gasteiger partial charge in [0.2, 0.25) is 0 Å². The molecule has 1 unspecified atom stereocenters. The van der Waals surface area contributed by atoms with Crippen LogP contribution in [0.3, 0.4) is 0 Å². The van der Waals surface area contributed by atoms with Crippen LogP contribution in [0.15, 0.2) is 47.5 Å². The van der Waals surface area contributed by atoms with Gasteiger partial charge in [-0.1, -0.05) is 42.7 Å². The summed E-state index contributed by atoms with van der Waals surface area (Å²) in [6.45, 7) is 2.57. The molecule has 0 bridgehead atoms. The van der Waals surface area contributed by atoms with Gasteiger partial charge >= 0.3 is 6.61 Å². The second-order valence-electron chi connectivity index (χ2n) is 5.95. The molecule has 0 aliphatic carbocycles. The molecule has 0 saturated carbocycles. The summed E-state index contributed by atoms with van der Waals surface area (Å²) in [5.74, 6) is 0.569. The van der Waals surface area contributed by atoms with Crippen LogP contribution in [0.1, 0.15) is 37.0 Å². The van der Waals surface area contributed by atoms with Gasteiger partial charge < -0.3 is 10.5 Å². The molecular weight excluding hydrogens is 321 g/mol. The van der Waals surface area contributed by atoms with Crippen LogP contribution in [0.2, 0.25) is 0 Å². The van der Waals surface area contributed by atoms with Crippen molar-refractivity contribution in [3.63, 3.8) is 0 Å². The number of nitrogens with two attached hydrogens (primary N) is 1. The SMILES string of the molecule is [B]c1cccc(C(CC)(N=C(C)N)c2ccc(OC(F)F)c(C)c2)c1. The van der Waals surface area contributed by atoms with Gasteiger partial charge in [0.1, 0.15) is 19.1 Å². The fourth-order valence-corrected chi connectivity index (χ4v) is 3.01. The Hall–Kier alpha value is -2.37. The van der Waals surface area contributed by atoms with Crippen molar-refractivity contribution in [1.29, 1.82) is 0 Å². The lowest BCUT2D eigenvalue weighted by Gasteiger charge is -2.31. The van der Waals surface area contributed by atoms with Crippen molar-refractivity contribution in [3.05, 3.63) is 59.2 Å². The normalized spacial score (nSPS) is 14.4. The van der Waals surface area contributed by atoms with Crippen molar-refractivity contribution >= 4 is 19.1 Å². The Bertz CT molecular complexity index is 776. The van der Waals surface area contributed by atoms with Crippen molar-refractivity contribution in [2.75, 3.05) is 0 Å². The van der Waals surface area contributed by atoms with Crippen LogP contribution < -0.4 is 15.9 Å². The van der Waals surface area contributed by atoms with Crippen LogP contribution in [-0.2, 0) is 5.54 Å². The largest absolute Gasteiger partial charge is 0.435 e. The first-order valence-electron chi connectivity index (χ1n) is 8.02. The van der Waals surface area contributed by atoms with Crippen LogP contribution in [0, 0.1) is 6.92 Å². The summed E-state index contributed by atoms with van der Waals surface area (Å²) in [6.07, 6.45) is 0.624. The molecule has 0 saturated heterocycles. The van der Waals surface area contributed by atoms with Gasteiger partial charge in [0.25, 0.3) is 0 Å². The van der Waals surface area contributed by atoms with Crippen molar-refractivity contribution in [2.24, 2.45) is 10.7 Å². The summed E-state index contributed by atoms with van der Waals surface area (Å²) < 4.78 is 29.6. The Balaban J connectivity index is 2.64. The summed E-state index contributed by atoms with van der Waals surface area (Å²) in [5, 5.41) is 0. The van der Waals surface area contributed by atoms with Gasteiger partial charge in [-0.05, 0) is 49.1 Å². The molecule has 0 aliphatic heterocycles. The summed E-state index contributed by atoms with van der Waals surface area (Å²) >= 11 is 0. The van der Waals surface area contributed by atoms with Crippen LogP contribution in [0.25, 0.3) is 0 Å². The highest BCUT2D eigenvalue weighted by molar-refractivity contribution is 6.32. The number of aryl methyl sites for hydroxylation is 1. The second kappa shape index (κ2) is 7.68. The number of hydrogen-bond acceptors (Lipinski definition) is 2. The van der Waals surface area contributed by atoms with E-state index < -0.39 is 12.2 Å². The number of ether oxygens (including phenoxy) is 1. The van der Waals surface area contributed by atoms with Gasteiger partial charge in [0, 0.05) is 0 Å². The second-order valence-corrected chi connectivity index (χ2v) is 5.95. The van der Waals surface area contributed by atoms with Crippen LogP contribution >= 0.6 is 0 Å². The molecule has 0 aromatic heterocycles. The number of aliphatic imine (C=N–C) groups is 1. The van der Waals surface area contributed by atoms with Gasteiger partial charge in [0.05, 0.1) is 5.84 Å². The standard InChI is InChI=1S/C19H21BF2N2O/c1-4-19(24-13(3)23,14-6-5-7-16(20)11-14)15-8-9-17(12(2)10-15)25-18(21)22/h5-11,18H,4H2,1-3H3,(H2,23,24). The van der Waals surface area contributed by atoms with E-state index in [9.17, 15) is 8.78 Å². The van der Waals surface area contributed by atoms with E-state index in [1.807, 2.05) is 25.1 Å². The highest BCUT2D eigenvalue weighted by Gasteiger charge is 2.32. The van der Waals surface area contributed by atoms with E-state index in [2.05, 4.69) is 4.74 Å². The minimum Gasteiger partial charge on any atom is -0.435 e. The molecule has 0 aliphatic rings. The molecule has 0 heterocycles. The zero-order valence-electron chi connectivity index (χ0n) is 14.6. The highest BCUT2D eigenvalue weighted by Crippen LogP contribution is 2.38. The van der Waals surface area contributed by atoms with E-state index in [0.717, 1.165) is 11.1 Å². The van der Waals surface area contributed by atoms with Crippen molar-refractivity contribution in [3.8, 4) is 5.75 Å². The lowest BCUT2D eigenvalue weighted by molar-refractivity contribution is -0.0503. The number of rotatable bonds is 6. The molecule has 1 atom stereocenters. The van der Waals surface area contributed by atoms with E-state index in [4.69, 9.17) is 18.6 Å². The summed E-state index contributed by atoms with van der Waals surface area (Å²) in [5.41, 5.74) is 8.10. The number of hydrogen-bond donors (Lipinski definition) is 1. The molecule has 2 N–H and O–H groups in total. The van der Waals surface area contributed by atoms with Crippen molar-refractivity contribution in [2.45, 2.75) is 39.3 Å². The van der Waals surface area contributed by atoms with Crippen molar-refractivity contribution < 1.29 is 13.5 Å². The maximum Gasteiger partial charge on any atom is 0.387 e. The van der Waals surface area contributed by atoms with E-state index in [0.29, 0.717) is 23.3 Å². The molecule has 2 rings (SSSR count). The average molecular weight is 342 g/mol. The minimum absolute atomic E-state index is 0.143. The maximum absolute atomic E-state index is 12.5. The molecule has 2 aromatic rings. The molecule has 0 amide bonds. The van der Waals surface area contributed by atoms with E-state index in [1.165, 1.54) is 6.07 Å². The number of amidine groups is 1. The Morgan fingerprint density at radius 3 is 2.44 bits per heavy atom. The minimum atomic E-state index is -2.86. The lowest BCUT2D eigenvalue weighted by atomic mass is 9.78. The van der Waals surface area contributed by atoms with E-state index in [1.54, 1.807) is 32.0 Å². The smallest absolute Gasteiger partial charge is 0.387 e. The summed E-state index contributed by atoms with van der Waals surface area (Å²) in [4.78, 5) is 4.69. The molecule has 0 fully saturated rings. The number of halogens is 2. The van der Waals surface area contributed by atoms with Gasteiger partial charge in [-0.3, -0.25) is 4.99 Å². The average Bonchev–Trinajstić information content (AvgIpc) is 2.54. The predicted molar refractivity (Wildman–Crippen MR) is 98.0 cm³/mol. The highest BCUT2D eigenvalue weighted by atomic mass is 19.3. The predicted octanol–water partition coefficient (Wildman–Crippen LogP) is 3.42. The molecule has 2 radical (unpaired) electrons. The zero-order chi connectivity index (χ0) is 18.6. The Morgan fingerprint density at radius 2 is 1.92 bits per heavy atom. The van der Waals surface area contributed by atoms with Gasteiger partial charge in [-0.25, -0.2) is 0 Å². The Labute approximate surface area is 148 Å². The monoisotopic (exact) mass is 342 g/mol. The van der Waals surface area contributed by atoms with E-state index in [-0.39, 0.29) is 5.75 Å². The molecule has 25 heavy (non-hydrogen) atoms. The third-order valence-electron chi connectivity index (χ3n) is 4.11. The Morgan fingerprint density at radius 1 is 1.24 bits per heavy atom. The van der Waals surface area contributed by atoms with Gasteiger partial charge in [-0.2, -0.15) is 8.78 Å². The van der Waals surface area contributed by atoms with Crippen molar-refractivity contribution in [1.82, 2.24) is 0 Å². The number of nitrogens with zero attached hydrogens (tertiary/aromatic N) is 1. The first kappa shape index (κ1) is 19.0. The fraction of sp³-hybridized carbons (Fsp3) is 0.316. The van der Waals surface area contributed by atoms with Gasteiger partial charge in [-0.15, -0.1) is 0 Å². The molecule has 2 aromatic carbocycles. The topological polar surface area (TPSA) is 47.6 Å². The van der Waals surface area contributed by atoms with Crippen LogP contribution in [0.4, 0.5) is 8.78 Å². The molecular formula is C19H21BF2N2O. The molecule has 3 nitrogen and oxygen atoms in total. The van der Waals surface area contributed by atoms with Crippen LogP contribution in [0.5, 0.6) is 5.75 Å². The first-order chi connectivity index (χ1) is 11.8. The van der Waals surface area contributed by atoms with Crippen LogP contribution in [-0.4, -0.2) is 20.3 Å². The molecule has 6 heteroatoms.